The molecule has 0 atom stereocenters. The van der Waals surface area contributed by atoms with Crippen molar-refractivity contribution in [3.63, 3.8) is 0 Å². The Bertz CT molecular complexity index is 816. The zero-order chi connectivity index (χ0) is 16.9. The molecule has 0 aliphatic heterocycles. The van der Waals surface area contributed by atoms with Gasteiger partial charge in [-0.05, 0) is 43.7 Å². The van der Waals surface area contributed by atoms with Crippen LogP contribution in [0.15, 0.2) is 66.9 Å². The number of hydrogen-bond acceptors (Lipinski definition) is 3. The summed E-state index contributed by atoms with van der Waals surface area (Å²) in [5, 5.41) is 6.69. The molecule has 0 radical (unpaired) electrons. The first-order valence-corrected chi connectivity index (χ1v) is 7.97. The summed E-state index contributed by atoms with van der Waals surface area (Å²) in [4.78, 5) is 4.47. The lowest BCUT2D eigenvalue weighted by Crippen LogP contribution is -2.11. The second-order valence-corrected chi connectivity index (χ2v) is 5.88. The summed E-state index contributed by atoms with van der Waals surface area (Å²) in [5.41, 5.74) is 3.68. The molecule has 1 aromatic heterocycles. The number of benzene rings is 2. The predicted molar refractivity (Wildman–Crippen MR) is 98.1 cm³/mol. The number of pyridine rings is 1. The molecule has 2 N–H and O–H groups in total. The Morgan fingerprint density at radius 2 is 1.75 bits per heavy atom. The molecule has 2 aromatic carbocycles. The van der Waals surface area contributed by atoms with Crippen LogP contribution in [0.4, 0.5) is 21.6 Å². The first-order chi connectivity index (χ1) is 11.6. The van der Waals surface area contributed by atoms with Gasteiger partial charge in [-0.15, -0.1) is 0 Å². The molecule has 0 bridgehead atoms. The van der Waals surface area contributed by atoms with Crippen LogP contribution in [0.25, 0.3) is 11.1 Å². The Kier molecular flexibility index (Phi) is 4.75. The zero-order valence-corrected chi connectivity index (χ0v) is 13.8. The van der Waals surface area contributed by atoms with E-state index in [4.69, 9.17) is 0 Å². The Labute approximate surface area is 141 Å². The van der Waals surface area contributed by atoms with Crippen LogP contribution in [-0.2, 0) is 0 Å². The highest BCUT2D eigenvalue weighted by Gasteiger charge is 2.13. The van der Waals surface area contributed by atoms with E-state index < -0.39 is 0 Å². The minimum Gasteiger partial charge on any atom is -0.382 e. The molecule has 0 saturated heterocycles. The SMILES string of the molecule is CC(C)Nc1ccnc(Nc2cccc(F)c2)c1-c1ccccc1. The van der Waals surface area contributed by atoms with Crippen LogP contribution in [0, 0.1) is 5.82 Å². The summed E-state index contributed by atoms with van der Waals surface area (Å²) in [6.07, 6.45) is 1.75. The van der Waals surface area contributed by atoms with Crippen LogP contribution < -0.4 is 10.6 Å². The summed E-state index contributed by atoms with van der Waals surface area (Å²) in [6.45, 7) is 4.18. The van der Waals surface area contributed by atoms with Crippen LogP contribution in [0.1, 0.15) is 13.8 Å². The predicted octanol–water partition coefficient (Wildman–Crippen LogP) is 5.45. The van der Waals surface area contributed by atoms with E-state index in [2.05, 4.69) is 29.5 Å². The van der Waals surface area contributed by atoms with Gasteiger partial charge in [-0.25, -0.2) is 9.37 Å². The Hall–Kier alpha value is -2.88. The van der Waals surface area contributed by atoms with Gasteiger partial charge in [-0.2, -0.15) is 0 Å². The van der Waals surface area contributed by atoms with Crippen molar-refractivity contribution in [3.05, 3.63) is 72.7 Å². The molecule has 0 aliphatic carbocycles. The van der Waals surface area contributed by atoms with Gasteiger partial charge in [0.15, 0.2) is 0 Å². The van der Waals surface area contributed by atoms with Gasteiger partial charge in [0.1, 0.15) is 11.6 Å². The van der Waals surface area contributed by atoms with Gasteiger partial charge in [-0.3, -0.25) is 0 Å². The third-order valence-electron chi connectivity index (χ3n) is 3.54. The highest BCUT2D eigenvalue weighted by Crippen LogP contribution is 2.35. The van der Waals surface area contributed by atoms with Crippen LogP contribution in [-0.4, -0.2) is 11.0 Å². The van der Waals surface area contributed by atoms with Crippen LogP contribution in [0.3, 0.4) is 0 Å². The molecular weight excluding hydrogens is 301 g/mol. The Morgan fingerprint density at radius 3 is 2.46 bits per heavy atom. The van der Waals surface area contributed by atoms with E-state index in [1.165, 1.54) is 12.1 Å². The van der Waals surface area contributed by atoms with E-state index >= 15 is 0 Å². The smallest absolute Gasteiger partial charge is 0.140 e. The first kappa shape index (κ1) is 16.0. The number of nitrogens with zero attached hydrogens (tertiary/aromatic N) is 1. The topological polar surface area (TPSA) is 37.0 Å². The molecule has 0 unspecified atom stereocenters. The molecule has 0 aliphatic rings. The van der Waals surface area contributed by atoms with E-state index in [9.17, 15) is 4.39 Å². The van der Waals surface area contributed by atoms with Gasteiger partial charge in [0.05, 0.1) is 0 Å². The average Bonchev–Trinajstić information content (AvgIpc) is 2.55. The number of halogens is 1. The Morgan fingerprint density at radius 1 is 0.958 bits per heavy atom. The van der Waals surface area contributed by atoms with Crippen molar-refractivity contribution in [1.29, 1.82) is 0 Å². The molecule has 24 heavy (non-hydrogen) atoms. The summed E-state index contributed by atoms with van der Waals surface area (Å²) in [5.74, 6) is 0.412. The molecule has 1 heterocycles. The monoisotopic (exact) mass is 321 g/mol. The van der Waals surface area contributed by atoms with Crippen molar-refractivity contribution in [2.24, 2.45) is 0 Å². The zero-order valence-electron chi connectivity index (χ0n) is 13.8. The molecule has 0 amide bonds. The third kappa shape index (κ3) is 3.71. The van der Waals surface area contributed by atoms with Crippen LogP contribution in [0.2, 0.25) is 0 Å². The minimum absolute atomic E-state index is 0.280. The molecule has 3 aromatic rings. The first-order valence-electron chi connectivity index (χ1n) is 7.97. The van der Waals surface area contributed by atoms with Gasteiger partial charge in [0.25, 0.3) is 0 Å². The van der Waals surface area contributed by atoms with Gasteiger partial charge in [-0.1, -0.05) is 36.4 Å². The van der Waals surface area contributed by atoms with Gasteiger partial charge in [0.2, 0.25) is 0 Å². The van der Waals surface area contributed by atoms with E-state index in [0.29, 0.717) is 11.5 Å². The van der Waals surface area contributed by atoms with Gasteiger partial charge < -0.3 is 10.6 Å². The highest BCUT2D eigenvalue weighted by molar-refractivity contribution is 5.88. The van der Waals surface area contributed by atoms with Crippen molar-refractivity contribution >= 4 is 17.2 Å². The minimum atomic E-state index is -0.280. The number of hydrogen-bond donors (Lipinski definition) is 2. The fourth-order valence-corrected chi connectivity index (χ4v) is 2.59. The maximum Gasteiger partial charge on any atom is 0.140 e. The fourth-order valence-electron chi connectivity index (χ4n) is 2.59. The van der Waals surface area contributed by atoms with E-state index in [1.807, 2.05) is 42.5 Å². The quantitative estimate of drug-likeness (QED) is 0.656. The molecule has 0 saturated carbocycles. The molecule has 3 nitrogen and oxygen atoms in total. The van der Waals surface area contributed by atoms with Gasteiger partial charge >= 0.3 is 0 Å². The third-order valence-corrected chi connectivity index (χ3v) is 3.54. The van der Waals surface area contributed by atoms with Crippen molar-refractivity contribution in [2.45, 2.75) is 19.9 Å². The lowest BCUT2D eigenvalue weighted by atomic mass is 10.0. The van der Waals surface area contributed by atoms with E-state index in [1.54, 1.807) is 12.3 Å². The number of aromatic nitrogens is 1. The maximum atomic E-state index is 13.5. The molecule has 3 rings (SSSR count). The standard InChI is InChI=1S/C20H20FN3/c1-14(2)23-18-11-12-22-20(19(18)15-7-4-3-5-8-15)24-17-10-6-9-16(21)13-17/h3-14H,1-2H3,(H2,22,23,24). The van der Waals surface area contributed by atoms with E-state index in [-0.39, 0.29) is 11.9 Å². The fraction of sp³-hybridized carbons (Fsp3) is 0.150. The van der Waals surface area contributed by atoms with Crippen LogP contribution in [0.5, 0.6) is 0 Å². The second-order valence-electron chi connectivity index (χ2n) is 5.88. The number of rotatable bonds is 5. The molecule has 0 fully saturated rings. The average molecular weight is 321 g/mol. The molecular formula is C20H20FN3. The number of nitrogens with one attached hydrogen (secondary N) is 2. The maximum absolute atomic E-state index is 13.5. The highest BCUT2D eigenvalue weighted by atomic mass is 19.1. The molecule has 4 heteroatoms. The van der Waals surface area contributed by atoms with Crippen LogP contribution >= 0.6 is 0 Å². The lowest BCUT2D eigenvalue weighted by molar-refractivity contribution is 0.628. The summed E-state index contributed by atoms with van der Waals surface area (Å²) >= 11 is 0. The van der Waals surface area contributed by atoms with Crippen molar-refractivity contribution in [3.8, 4) is 11.1 Å². The summed E-state index contributed by atoms with van der Waals surface area (Å²) < 4.78 is 13.5. The van der Waals surface area contributed by atoms with Crippen molar-refractivity contribution in [2.75, 3.05) is 10.6 Å². The lowest BCUT2D eigenvalue weighted by Gasteiger charge is -2.18. The Balaban J connectivity index is 2.08. The second kappa shape index (κ2) is 7.13. The molecule has 122 valence electrons. The normalized spacial score (nSPS) is 10.7. The summed E-state index contributed by atoms with van der Waals surface area (Å²) in [6, 6.07) is 18.7. The van der Waals surface area contributed by atoms with E-state index in [0.717, 1.165) is 16.8 Å². The number of anilines is 3. The van der Waals surface area contributed by atoms with Gasteiger partial charge in [0, 0.05) is 29.2 Å². The largest absolute Gasteiger partial charge is 0.382 e. The summed E-state index contributed by atoms with van der Waals surface area (Å²) in [7, 11) is 0. The van der Waals surface area contributed by atoms with Crippen molar-refractivity contribution < 1.29 is 4.39 Å². The molecule has 0 spiro atoms. The van der Waals surface area contributed by atoms with Crippen molar-refractivity contribution in [1.82, 2.24) is 4.98 Å².